The molecule has 1 rings (SSSR count). The highest BCUT2D eigenvalue weighted by Gasteiger charge is 2.07. The minimum absolute atomic E-state index is 0.0435. The van der Waals surface area contributed by atoms with E-state index in [1.54, 1.807) is 19.1 Å². The van der Waals surface area contributed by atoms with Crippen molar-refractivity contribution in [3.05, 3.63) is 39.8 Å². The minimum atomic E-state index is -0.658. The normalized spacial score (nSPS) is 9.75. The van der Waals surface area contributed by atoms with E-state index in [9.17, 15) is 9.59 Å². The Morgan fingerprint density at radius 1 is 1.45 bits per heavy atom. The summed E-state index contributed by atoms with van der Waals surface area (Å²) in [6.07, 6.45) is -0.658. The second-order valence-electron chi connectivity index (χ2n) is 3.81. The molecule has 0 atom stereocenters. The maximum atomic E-state index is 11.4. The molecule has 0 saturated carbocycles. The van der Waals surface area contributed by atoms with Gasteiger partial charge in [-0.1, -0.05) is 18.2 Å². The number of nitrogens with one attached hydrogen (secondary N) is 1. The molecular formula is C13H13BrClNO4. The van der Waals surface area contributed by atoms with E-state index >= 15 is 0 Å². The van der Waals surface area contributed by atoms with Crippen molar-refractivity contribution in [3.63, 3.8) is 0 Å². The molecule has 1 aromatic rings. The second kappa shape index (κ2) is 7.91. The van der Waals surface area contributed by atoms with Gasteiger partial charge in [0.25, 0.3) is 0 Å². The van der Waals surface area contributed by atoms with Crippen molar-refractivity contribution in [2.24, 2.45) is 0 Å². The zero-order valence-corrected chi connectivity index (χ0v) is 13.1. The Morgan fingerprint density at radius 2 is 2.15 bits per heavy atom. The number of hydrogen-bond acceptors (Lipinski definition) is 4. The number of benzene rings is 1. The third-order valence-electron chi connectivity index (χ3n) is 2.05. The first-order chi connectivity index (χ1) is 9.40. The molecule has 1 aromatic carbocycles. The lowest BCUT2D eigenvalue weighted by Crippen LogP contribution is -2.30. The van der Waals surface area contributed by atoms with E-state index in [4.69, 9.17) is 21.1 Å². The van der Waals surface area contributed by atoms with Gasteiger partial charge >= 0.3 is 12.1 Å². The van der Waals surface area contributed by atoms with Gasteiger partial charge in [-0.05, 0) is 35.0 Å². The van der Waals surface area contributed by atoms with Crippen LogP contribution < -0.4 is 10.1 Å². The number of carbonyl (C=O) groups is 2. The molecule has 0 heterocycles. The number of carbonyl (C=O) groups excluding carboxylic acids is 2. The van der Waals surface area contributed by atoms with Gasteiger partial charge in [0.1, 0.15) is 12.4 Å². The van der Waals surface area contributed by atoms with Gasteiger partial charge < -0.3 is 14.8 Å². The quantitative estimate of drug-likeness (QED) is 0.496. The van der Waals surface area contributed by atoms with Crippen LogP contribution in [0.3, 0.4) is 0 Å². The summed E-state index contributed by atoms with van der Waals surface area (Å²) in [5.41, 5.74) is 0.303. The Morgan fingerprint density at radius 3 is 2.75 bits per heavy atom. The highest BCUT2D eigenvalue weighted by molar-refractivity contribution is 9.10. The number of esters is 1. The van der Waals surface area contributed by atoms with Crippen molar-refractivity contribution in [2.45, 2.75) is 6.92 Å². The topological polar surface area (TPSA) is 64.6 Å². The molecule has 20 heavy (non-hydrogen) atoms. The maximum absolute atomic E-state index is 11.4. The highest BCUT2D eigenvalue weighted by Crippen LogP contribution is 2.26. The molecule has 1 N–H and O–H groups in total. The van der Waals surface area contributed by atoms with Gasteiger partial charge in [-0.25, -0.2) is 9.59 Å². The van der Waals surface area contributed by atoms with Crippen LogP contribution in [0.5, 0.6) is 5.75 Å². The largest absolute Gasteiger partial charge is 0.460 e. The van der Waals surface area contributed by atoms with Crippen LogP contribution in [0.1, 0.15) is 6.92 Å². The van der Waals surface area contributed by atoms with Gasteiger partial charge in [0.15, 0.2) is 0 Å². The molecule has 0 spiro atoms. The molecule has 7 heteroatoms. The van der Waals surface area contributed by atoms with Crippen LogP contribution in [0.2, 0.25) is 5.02 Å². The number of amides is 1. The summed E-state index contributed by atoms with van der Waals surface area (Å²) < 4.78 is 10.5. The molecule has 0 aliphatic rings. The van der Waals surface area contributed by atoms with Gasteiger partial charge in [-0.2, -0.15) is 0 Å². The number of rotatable bonds is 5. The van der Waals surface area contributed by atoms with E-state index in [1.165, 1.54) is 6.07 Å². The summed E-state index contributed by atoms with van der Waals surface area (Å²) in [5.74, 6) is -0.186. The Balaban J connectivity index is 2.31. The molecule has 108 valence electrons. The van der Waals surface area contributed by atoms with Crippen LogP contribution in [-0.4, -0.2) is 25.2 Å². The van der Waals surface area contributed by atoms with E-state index in [0.717, 1.165) is 0 Å². The molecule has 0 fully saturated rings. The average molecular weight is 363 g/mol. The third-order valence-corrected chi connectivity index (χ3v) is 3.29. The van der Waals surface area contributed by atoms with Crippen LogP contribution in [0.25, 0.3) is 0 Å². The lowest BCUT2D eigenvalue weighted by Gasteiger charge is -2.08. The standard InChI is InChI=1S/C13H13BrClNO4/c1-8(2)12(17)19-6-5-16-13(18)20-9-3-4-10(14)11(15)7-9/h3-4,7H,1,5-6H2,2H3,(H,16,18). The van der Waals surface area contributed by atoms with Crippen molar-refractivity contribution >= 4 is 39.6 Å². The van der Waals surface area contributed by atoms with E-state index in [-0.39, 0.29) is 13.2 Å². The molecule has 0 aromatic heterocycles. The predicted octanol–water partition coefficient (Wildman–Crippen LogP) is 3.31. The van der Waals surface area contributed by atoms with Gasteiger partial charge in [0.2, 0.25) is 0 Å². The molecule has 0 aliphatic heterocycles. The second-order valence-corrected chi connectivity index (χ2v) is 5.07. The first-order valence-corrected chi connectivity index (χ1v) is 6.80. The number of hydrogen-bond donors (Lipinski definition) is 1. The van der Waals surface area contributed by atoms with Crippen molar-refractivity contribution in [1.29, 1.82) is 0 Å². The minimum Gasteiger partial charge on any atom is -0.460 e. The van der Waals surface area contributed by atoms with Crippen molar-refractivity contribution < 1.29 is 19.1 Å². The molecule has 0 bridgehead atoms. The molecule has 0 aliphatic carbocycles. The smallest absolute Gasteiger partial charge is 0.412 e. The summed E-state index contributed by atoms with van der Waals surface area (Å²) in [5, 5.41) is 2.87. The third kappa shape index (κ3) is 5.63. The summed E-state index contributed by atoms with van der Waals surface area (Å²) >= 11 is 9.09. The van der Waals surface area contributed by atoms with Gasteiger partial charge in [0.05, 0.1) is 11.6 Å². The summed E-state index contributed by atoms with van der Waals surface area (Å²) in [6.45, 7) is 5.16. The lowest BCUT2D eigenvalue weighted by atomic mass is 10.3. The predicted molar refractivity (Wildman–Crippen MR) is 79.0 cm³/mol. The fourth-order valence-electron chi connectivity index (χ4n) is 1.10. The Bertz CT molecular complexity index is 533. The zero-order valence-electron chi connectivity index (χ0n) is 10.7. The van der Waals surface area contributed by atoms with Crippen LogP contribution >= 0.6 is 27.5 Å². The molecule has 1 amide bonds. The lowest BCUT2D eigenvalue weighted by molar-refractivity contribution is -0.138. The van der Waals surface area contributed by atoms with Crippen LogP contribution in [0.15, 0.2) is 34.8 Å². The SMILES string of the molecule is C=C(C)C(=O)OCCNC(=O)Oc1ccc(Br)c(Cl)c1. The van der Waals surface area contributed by atoms with Gasteiger partial charge in [-0.3, -0.25) is 0 Å². The number of halogens is 2. The van der Waals surface area contributed by atoms with Crippen LogP contribution in [0.4, 0.5) is 4.79 Å². The summed E-state index contributed by atoms with van der Waals surface area (Å²) in [7, 11) is 0. The van der Waals surface area contributed by atoms with Crippen LogP contribution in [-0.2, 0) is 9.53 Å². The Kier molecular flexibility index (Phi) is 6.54. The molecular weight excluding hydrogens is 350 g/mol. The fraction of sp³-hybridized carbons (Fsp3) is 0.231. The number of ether oxygens (including phenoxy) is 2. The first kappa shape index (κ1) is 16.5. The van der Waals surface area contributed by atoms with E-state index in [0.29, 0.717) is 20.8 Å². The Hall–Kier alpha value is -1.53. The molecule has 5 nitrogen and oxygen atoms in total. The van der Waals surface area contributed by atoms with Crippen LogP contribution in [0, 0.1) is 0 Å². The first-order valence-electron chi connectivity index (χ1n) is 5.63. The monoisotopic (exact) mass is 361 g/mol. The zero-order chi connectivity index (χ0) is 15.1. The summed E-state index contributed by atoms with van der Waals surface area (Å²) in [6, 6.07) is 4.77. The van der Waals surface area contributed by atoms with Gasteiger partial charge in [-0.15, -0.1) is 0 Å². The Labute approximate surface area is 130 Å². The maximum Gasteiger partial charge on any atom is 0.412 e. The average Bonchev–Trinajstić information content (AvgIpc) is 2.38. The van der Waals surface area contributed by atoms with Crippen molar-refractivity contribution in [2.75, 3.05) is 13.2 Å². The van der Waals surface area contributed by atoms with E-state index < -0.39 is 12.1 Å². The fourth-order valence-corrected chi connectivity index (χ4v) is 1.52. The molecule has 0 saturated heterocycles. The van der Waals surface area contributed by atoms with Crippen molar-refractivity contribution in [1.82, 2.24) is 5.32 Å². The van der Waals surface area contributed by atoms with E-state index in [2.05, 4.69) is 27.8 Å². The summed E-state index contributed by atoms with van der Waals surface area (Å²) in [4.78, 5) is 22.5. The highest BCUT2D eigenvalue weighted by atomic mass is 79.9. The molecule has 0 radical (unpaired) electrons. The van der Waals surface area contributed by atoms with E-state index in [1.807, 2.05) is 0 Å². The van der Waals surface area contributed by atoms with Gasteiger partial charge in [0, 0.05) is 16.1 Å². The van der Waals surface area contributed by atoms with Crippen molar-refractivity contribution in [3.8, 4) is 5.75 Å². The molecule has 0 unspecified atom stereocenters.